The van der Waals surface area contributed by atoms with Crippen molar-refractivity contribution in [2.24, 2.45) is 0 Å². The Morgan fingerprint density at radius 2 is 1.96 bits per heavy atom. The van der Waals surface area contributed by atoms with Crippen LogP contribution in [0.15, 0.2) is 54.7 Å². The summed E-state index contributed by atoms with van der Waals surface area (Å²) in [6, 6.07) is 9.30. The van der Waals surface area contributed by atoms with Crippen LogP contribution < -0.4 is 5.32 Å². The molecule has 0 unspecified atom stereocenters. The number of carbonyl (C=O) groups is 1. The van der Waals surface area contributed by atoms with E-state index in [1.807, 2.05) is 0 Å². The van der Waals surface area contributed by atoms with Crippen LogP contribution in [-0.2, 0) is 11.0 Å². The lowest BCUT2D eigenvalue weighted by Crippen LogP contribution is -2.13. The number of nitrogens with one attached hydrogen (secondary N) is 1. The Balaban J connectivity index is 1.79. The minimum atomic E-state index is -4.50. The summed E-state index contributed by atoms with van der Waals surface area (Å²) < 4.78 is 52.4. The van der Waals surface area contributed by atoms with Crippen LogP contribution in [0.4, 0.5) is 23.4 Å². The zero-order valence-corrected chi connectivity index (χ0v) is 14.5. The standard InChI is InChI=1S/C19H14F4N4O/c1-12-9-17(25-18(28)8-5-13-3-2-4-15(20)10-13)27(26-12)16-7-6-14(11-24-16)19(21,22)23/h2-11H,1H3,(H,25,28)/b8-5+. The zero-order chi connectivity index (χ0) is 20.3. The molecule has 0 fully saturated rings. The fraction of sp³-hybridized carbons (Fsp3) is 0.105. The molecule has 1 aromatic carbocycles. The number of benzene rings is 1. The largest absolute Gasteiger partial charge is 0.417 e. The second kappa shape index (κ2) is 7.63. The van der Waals surface area contributed by atoms with E-state index in [4.69, 9.17) is 0 Å². The highest BCUT2D eigenvalue weighted by Gasteiger charge is 2.30. The molecule has 2 heterocycles. The summed E-state index contributed by atoms with van der Waals surface area (Å²) in [6.07, 6.45) is -1.16. The van der Waals surface area contributed by atoms with Crippen molar-refractivity contribution in [3.8, 4) is 5.82 Å². The third-order valence-electron chi connectivity index (χ3n) is 3.65. The molecule has 0 spiro atoms. The maximum atomic E-state index is 13.2. The number of pyridine rings is 1. The maximum Gasteiger partial charge on any atom is 0.417 e. The van der Waals surface area contributed by atoms with E-state index in [1.54, 1.807) is 19.1 Å². The van der Waals surface area contributed by atoms with Gasteiger partial charge in [0.15, 0.2) is 5.82 Å². The van der Waals surface area contributed by atoms with Gasteiger partial charge in [-0.1, -0.05) is 12.1 Å². The van der Waals surface area contributed by atoms with E-state index in [0.717, 1.165) is 12.1 Å². The first-order valence-corrected chi connectivity index (χ1v) is 8.07. The van der Waals surface area contributed by atoms with Gasteiger partial charge in [0.1, 0.15) is 11.6 Å². The molecule has 0 atom stereocenters. The number of nitrogens with zero attached hydrogens (tertiary/aromatic N) is 3. The van der Waals surface area contributed by atoms with Crippen molar-refractivity contribution >= 4 is 17.8 Å². The van der Waals surface area contributed by atoms with E-state index >= 15 is 0 Å². The van der Waals surface area contributed by atoms with Gasteiger partial charge in [0, 0.05) is 18.3 Å². The molecule has 144 valence electrons. The van der Waals surface area contributed by atoms with Gasteiger partial charge in [-0.15, -0.1) is 0 Å². The molecule has 0 aliphatic heterocycles. The molecule has 0 saturated heterocycles. The van der Waals surface area contributed by atoms with Gasteiger partial charge in [-0.05, 0) is 42.8 Å². The van der Waals surface area contributed by atoms with E-state index in [9.17, 15) is 22.4 Å². The third kappa shape index (κ3) is 4.61. The molecule has 0 aliphatic carbocycles. The summed E-state index contributed by atoms with van der Waals surface area (Å²) >= 11 is 0. The molecule has 5 nitrogen and oxygen atoms in total. The van der Waals surface area contributed by atoms with E-state index in [1.165, 1.54) is 35.0 Å². The molecule has 3 aromatic rings. The van der Waals surface area contributed by atoms with Crippen LogP contribution in [-0.4, -0.2) is 20.7 Å². The lowest BCUT2D eigenvalue weighted by atomic mass is 10.2. The van der Waals surface area contributed by atoms with Crippen LogP contribution in [0.2, 0.25) is 0 Å². The predicted molar refractivity (Wildman–Crippen MR) is 95.2 cm³/mol. The summed E-state index contributed by atoms with van der Waals surface area (Å²) in [5.41, 5.74) is 0.152. The molecule has 9 heteroatoms. The number of rotatable bonds is 4. The van der Waals surface area contributed by atoms with Crippen molar-refractivity contribution < 1.29 is 22.4 Å². The molecule has 2 aromatic heterocycles. The Labute approximate surface area is 157 Å². The molecule has 28 heavy (non-hydrogen) atoms. The second-order valence-electron chi connectivity index (χ2n) is 5.86. The first-order chi connectivity index (χ1) is 13.2. The lowest BCUT2D eigenvalue weighted by Gasteiger charge is -2.09. The Morgan fingerprint density at radius 1 is 1.18 bits per heavy atom. The van der Waals surface area contributed by atoms with Gasteiger partial charge in [0.2, 0.25) is 5.91 Å². The third-order valence-corrected chi connectivity index (χ3v) is 3.65. The molecule has 0 bridgehead atoms. The number of anilines is 1. The Hall–Kier alpha value is -3.49. The van der Waals surface area contributed by atoms with Gasteiger partial charge in [0.05, 0.1) is 11.3 Å². The molecule has 3 rings (SSSR count). The summed E-state index contributed by atoms with van der Waals surface area (Å²) in [4.78, 5) is 15.9. The molecule has 1 N–H and O–H groups in total. The number of hydrogen-bond donors (Lipinski definition) is 1. The number of aryl methyl sites for hydroxylation is 1. The highest BCUT2D eigenvalue weighted by atomic mass is 19.4. The van der Waals surface area contributed by atoms with Gasteiger partial charge < -0.3 is 5.32 Å². The lowest BCUT2D eigenvalue weighted by molar-refractivity contribution is -0.137. The number of halogens is 4. The number of hydrogen-bond acceptors (Lipinski definition) is 3. The van der Waals surface area contributed by atoms with E-state index in [2.05, 4.69) is 15.4 Å². The van der Waals surface area contributed by atoms with E-state index in [-0.39, 0.29) is 11.6 Å². The van der Waals surface area contributed by atoms with Crippen LogP contribution in [0.3, 0.4) is 0 Å². The topological polar surface area (TPSA) is 59.8 Å². The number of alkyl halides is 3. The maximum absolute atomic E-state index is 13.2. The van der Waals surface area contributed by atoms with E-state index in [0.29, 0.717) is 17.5 Å². The zero-order valence-electron chi connectivity index (χ0n) is 14.5. The highest BCUT2D eigenvalue weighted by Crippen LogP contribution is 2.29. The summed E-state index contributed by atoms with van der Waals surface area (Å²) in [6.45, 7) is 1.67. The van der Waals surface area contributed by atoms with Crippen LogP contribution in [0.5, 0.6) is 0 Å². The van der Waals surface area contributed by atoms with Gasteiger partial charge in [-0.3, -0.25) is 4.79 Å². The van der Waals surface area contributed by atoms with Crippen LogP contribution in [0.25, 0.3) is 11.9 Å². The summed E-state index contributed by atoms with van der Waals surface area (Å²) in [5, 5.41) is 6.72. The number of carbonyl (C=O) groups excluding carboxylic acids is 1. The molecule has 1 amide bonds. The van der Waals surface area contributed by atoms with Gasteiger partial charge >= 0.3 is 6.18 Å². The predicted octanol–water partition coefficient (Wildman–Crippen LogP) is 4.39. The average molecular weight is 390 g/mol. The average Bonchev–Trinajstić information content (AvgIpc) is 2.99. The molecule has 0 aliphatic rings. The Bertz CT molecular complexity index is 1020. The number of amides is 1. The van der Waals surface area contributed by atoms with E-state index < -0.39 is 23.5 Å². The van der Waals surface area contributed by atoms with Crippen molar-refractivity contribution in [2.75, 3.05) is 5.32 Å². The molecular weight excluding hydrogens is 376 g/mol. The van der Waals surface area contributed by atoms with Crippen molar-refractivity contribution in [2.45, 2.75) is 13.1 Å². The van der Waals surface area contributed by atoms with Crippen molar-refractivity contribution in [1.82, 2.24) is 14.8 Å². The SMILES string of the molecule is Cc1cc(NC(=O)/C=C/c2cccc(F)c2)n(-c2ccc(C(F)(F)F)cn2)n1. The first kappa shape index (κ1) is 19.3. The summed E-state index contributed by atoms with van der Waals surface area (Å²) in [7, 11) is 0. The van der Waals surface area contributed by atoms with Crippen molar-refractivity contribution in [3.05, 3.63) is 77.4 Å². The normalized spacial score (nSPS) is 11.8. The Morgan fingerprint density at radius 3 is 2.61 bits per heavy atom. The van der Waals surface area contributed by atoms with Crippen LogP contribution in [0, 0.1) is 12.7 Å². The molecule has 0 radical (unpaired) electrons. The van der Waals surface area contributed by atoms with Crippen molar-refractivity contribution in [1.29, 1.82) is 0 Å². The fourth-order valence-corrected chi connectivity index (χ4v) is 2.39. The van der Waals surface area contributed by atoms with Crippen molar-refractivity contribution in [3.63, 3.8) is 0 Å². The Kier molecular flexibility index (Phi) is 5.25. The van der Waals surface area contributed by atoms with Gasteiger partial charge in [-0.25, -0.2) is 9.37 Å². The summed E-state index contributed by atoms with van der Waals surface area (Å²) in [5.74, 6) is -0.592. The molecule has 0 saturated carbocycles. The minimum Gasteiger partial charge on any atom is -0.307 e. The van der Waals surface area contributed by atoms with Gasteiger partial charge in [-0.2, -0.15) is 23.0 Å². The smallest absolute Gasteiger partial charge is 0.307 e. The van der Waals surface area contributed by atoms with Crippen LogP contribution >= 0.6 is 0 Å². The monoisotopic (exact) mass is 390 g/mol. The molecular formula is C19H14F4N4O. The fourth-order valence-electron chi connectivity index (χ4n) is 2.39. The quantitative estimate of drug-likeness (QED) is 0.531. The van der Waals surface area contributed by atoms with Crippen LogP contribution in [0.1, 0.15) is 16.8 Å². The van der Waals surface area contributed by atoms with Gasteiger partial charge in [0.25, 0.3) is 0 Å². The minimum absolute atomic E-state index is 0.116. The first-order valence-electron chi connectivity index (χ1n) is 8.07. The number of aromatic nitrogens is 3. The highest BCUT2D eigenvalue weighted by molar-refractivity contribution is 6.01. The second-order valence-corrected chi connectivity index (χ2v) is 5.86.